The van der Waals surface area contributed by atoms with Crippen molar-refractivity contribution in [3.05, 3.63) is 70.2 Å². The lowest BCUT2D eigenvalue weighted by Crippen LogP contribution is -2.15. The molecular formula is C22H22N2O3S2. The van der Waals surface area contributed by atoms with Crippen LogP contribution in [0.2, 0.25) is 0 Å². The zero-order valence-electron chi connectivity index (χ0n) is 16.5. The van der Waals surface area contributed by atoms with E-state index in [0.29, 0.717) is 17.0 Å². The van der Waals surface area contributed by atoms with Gasteiger partial charge in [0.15, 0.2) is 10.1 Å². The molecule has 1 heterocycles. The molecule has 150 valence electrons. The van der Waals surface area contributed by atoms with E-state index in [1.165, 1.54) is 23.1 Å². The molecule has 1 N–H and O–H groups in total. The molecule has 7 heteroatoms. The fourth-order valence-corrected chi connectivity index (χ4v) is 4.39. The first-order valence-electron chi connectivity index (χ1n) is 9.06. The van der Waals surface area contributed by atoms with Crippen LogP contribution in [0.5, 0.6) is 5.75 Å². The number of aromatic nitrogens is 1. The molecular weight excluding hydrogens is 404 g/mol. The average Bonchev–Trinajstić information content (AvgIpc) is 3.16. The minimum absolute atomic E-state index is 0.0297. The van der Waals surface area contributed by atoms with Gasteiger partial charge in [0.2, 0.25) is 5.91 Å². The Morgan fingerprint density at radius 1 is 1.14 bits per heavy atom. The number of nitrogens with zero attached hydrogens (tertiary/aromatic N) is 1. The first-order chi connectivity index (χ1) is 13.9. The number of carbonyl (C=O) groups is 2. The number of nitrogens with one attached hydrogen (secondary N) is 1. The molecule has 5 nitrogen and oxygen atoms in total. The van der Waals surface area contributed by atoms with Gasteiger partial charge < -0.3 is 10.1 Å². The Labute approximate surface area is 178 Å². The van der Waals surface area contributed by atoms with Crippen molar-refractivity contribution in [3.8, 4) is 5.75 Å². The maximum absolute atomic E-state index is 12.3. The number of thiazole rings is 1. The quantitative estimate of drug-likeness (QED) is 0.409. The highest BCUT2D eigenvalue weighted by Gasteiger charge is 2.12. The highest BCUT2D eigenvalue weighted by Crippen LogP contribution is 2.25. The summed E-state index contributed by atoms with van der Waals surface area (Å²) in [6, 6.07) is 13.0. The Kier molecular flexibility index (Phi) is 7.06. The van der Waals surface area contributed by atoms with Crippen LogP contribution >= 0.6 is 23.1 Å². The predicted molar refractivity (Wildman–Crippen MR) is 118 cm³/mol. The second-order valence-corrected chi connectivity index (χ2v) is 8.67. The standard InChI is InChI=1S/C22H22N2O3S2/c1-14-4-5-15(2)19(10-14)24-21(26)11-17-12-28-22(23-17)29-13-20(25)16-6-8-18(27-3)9-7-16/h4-10,12H,11,13H2,1-3H3,(H,24,26). The predicted octanol–water partition coefficient (Wildman–Crippen LogP) is 4.92. The number of rotatable bonds is 8. The molecule has 2 aromatic carbocycles. The van der Waals surface area contributed by atoms with Crippen molar-refractivity contribution in [3.63, 3.8) is 0 Å². The fraction of sp³-hybridized carbons (Fsp3) is 0.227. The summed E-state index contributed by atoms with van der Waals surface area (Å²) in [5.74, 6) is 0.948. The van der Waals surface area contributed by atoms with Gasteiger partial charge in [0.1, 0.15) is 5.75 Å². The monoisotopic (exact) mass is 426 g/mol. The molecule has 0 spiro atoms. The Hall–Kier alpha value is -2.64. The molecule has 0 radical (unpaired) electrons. The summed E-state index contributed by atoms with van der Waals surface area (Å²) in [7, 11) is 1.59. The summed E-state index contributed by atoms with van der Waals surface area (Å²) in [6.45, 7) is 3.96. The molecule has 1 aromatic heterocycles. The van der Waals surface area contributed by atoms with E-state index in [0.717, 1.165) is 26.9 Å². The van der Waals surface area contributed by atoms with Gasteiger partial charge in [0, 0.05) is 16.6 Å². The van der Waals surface area contributed by atoms with E-state index in [1.54, 1.807) is 31.4 Å². The number of carbonyl (C=O) groups excluding carboxylic acids is 2. The van der Waals surface area contributed by atoms with E-state index < -0.39 is 0 Å². The molecule has 0 unspecified atom stereocenters. The topological polar surface area (TPSA) is 68.3 Å². The molecule has 0 aliphatic carbocycles. The number of amides is 1. The van der Waals surface area contributed by atoms with E-state index in [2.05, 4.69) is 10.3 Å². The van der Waals surface area contributed by atoms with Crippen LogP contribution < -0.4 is 10.1 Å². The van der Waals surface area contributed by atoms with Crippen LogP contribution in [0.25, 0.3) is 0 Å². The summed E-state index contributed by atoms with van der Waals surface area (Å²) >= 11 is 2.83. The van der Waals surface area contributed by atoms with Crippen LogP contribution in [0.1, 0.15) is 27.2 Å². The van der Waals surface area contributed by atoms with Crippen LogP contribution in [0, 0.1) is 13.8 Å². The van der Waals surface area contributed by atoms with Gasteiger partial charge in [-0.1, -0.05) is 23.9 Å². The molecule has 0 saturated heterocycles. The molecule has 0 atom stereocenters. The first-order valence-corrected chi connectivity index (χ1v) is 10.9. The van der Waals surface area contributed by atoms with Crippen LogP contribution in [-0.4, -0.2) is 29.5 Å². The van der Waals surface area contributed by atoms with Crippen molar-refractivity contribution in [1.29, 1.82) is 0 Å². The van der Waals surface area contributed by atoms with Crippen molar-refractivity contribution in [2.45, 2.75) is 24.6 Å². The molecule has 29 heavy (non-hydrogen) atoms. The fourth-order valence-electron chi connectivity index (χ4n) is 2.65. The number of ether oxygens (including phenoxy) is 1. The third-order valence-electron chi connectivity index (χ3n) is 4.28. The van der Waals surface area contributed by atoms with Gasteiger partial charge in [-0.15, -0.1) is 11.3 Å². The van der Waals surface area contributed by atoms with Crippen molar-refractivity contribution < 1.29 is 14.3 Å². The number of benzene rings is 2. The SMILES string of the molecule is COc1ccc(C(=O)CSc2nc(CC(=O)Nc3cc(C)ccc3C)cs2)cc1. The van der Waals surface area contributed by atoms with Gasteiger partial charge in [0.25, 0.3) is 0 Å². The largest absolute Gasteiger partial charge is 0.497 e. The maximum atomic E-state index is 12.3. The number of hydrogen-bond donors (Lipinski definition) is 1. The van der Waals surface area contributed by atoms with E-state index in [4.69, 9.17) is 4.74 Å². The van der Waals surface area contributed by atoms with Gasteiger partial charge in [-0.05, 0) is 55.3 Å². The lowest BCUT2D eigenvalue weighted by molar-refractivity contribution is -0.115. The normalized spacial score (nSPS) is 10.6. The second-order valence-electron chi connectivity index (χ2n) is 6.59. The number of methoxy groups -OCH3 is 1. The minimum atomic E-state index is -0.102. The molecule has 0 aliphatic heterocycles. The van der Waals surface area contributed by atoms with Gasteiger partial charge in [-0.25, -0.2) is 4.98 Å². The number of Topliss-reactive ketones (excluding diaryl/α,β-unsaturated/α-hetero) is 1. The van der Waals surface area contributed by atoms with Gasteiger partial charge in [-0.2, -0.15) is 0 Å². The summed E-state index contributed by atoms with van der Waals surface area (Å²) in [5, 5.41) is 4.81. The van der Waals surface area contributed by atoms with Crippen LogP contribution in [-0.2, 0) is 11.2 Å². The highest BCUT2D eigenvalue weighted by molar-refractivity contribution is 8.01. The number of anilines is 1. The van der Waals surface area contributed by atoms with Gasteiger partial charge in [0.05, 0.1) is 25.0 Å². The molecule has 0 aliphatic rings. The summed E-state index contributed by atoms with van der Waals surface area (Å²) < 4.78 is 5.88. The smallest absolute Gasteiger partial charge is 0.230 e. The lowest BCUT2D eigenvalue weighted by Gasteiger charge is -2.08. The molecule has 3 rings (SSSR count). The highest BCUT2D eigenvalue weighted by atomic mass is 32.2. The third kappa shape index (κ3) is 5.92. The van der Waals surface area contributed by atoms with Crippen molar-refractivity contribution in [2.24, 2.45) is 0 Å². The number of thioether (sulfide) groups is 1. The summed E-state index contributed by atoms with van der Waals surface area (Å²) in [6.07, 6.45) is 0.205. The maximum Gasteiger partial charge on any atom is 0.230 e. The summed E-state index contributed by atoms with van der Waals surface area (Å²) in [5.41, 5.74) is 4.29. The Balaban J connectivity index is 1.52. The van der Waals surface area contributed by atoms with Gasteiger partial charge >= 0.3 is 0 Å². The van der Waals surface area contributed by atoms with Crippen molar-refractivity contribution in [2.75, 3.05) is 18.2 Å². The minimum Gasteiger partial charge on any atom is -0.497 e. The van der Waals surface area contributed by atoms with Crippen LogP contribution in [0.15, 0.2) is 52.2 Å². The van der Waals surface area contributed by atoms with E-state index in [1.807, 2.05) is 37.4 Å². The zero-order valence-corrected chi connectivity index (χ0v) is 18.2. The van der Waals surface area contributed by atoms with E-state index in [9.17, 15) is 9.59 Å². The molecule has 0 saturated carbocycles. The third-order valence-corrected chi connectivity index (χ3v) is 6.35. The molecule has 3 aromatic rings. The van der Waals surface area contributed by atoms with Crippen LogP contribution in [0.3, 0.4) is 0 Å². The number of aryl methyl sites for hydroxylation is 2. The Morgan fingerprint density at radius 2 is 1.90 bits per heavy atom. The van der Waals surface area contributed by atoms with E-state index in [-0.39, 0.29) is 18.1 Å². The molecule has 0 bridgehead atoms. The molecule has 0 fully saturated rings. The summed E-state index contributed by atoms with van der Waals surface area (Å²) in [4.78, 5) is 29.1. The second kappa shape index (κ2) is 9.71. The lowest BCUT2D eigenvalue weighted by atomic mass is 10.1. The molecule has 1 amide bonds. The first kappa shape index (κ1) is 21.1. The van der Waals surface area contributed by atoms with Crippen molar-refractivity contribution in [1.82, 2.24) is 4.98 Å². The zero-order chi connectivity index (χ0) is 20.8. The van der Waals surface area contributed by atoms with Gasteiger partial charge in [-0.3, -0.25) is 9.59 Å². The Bertz CT molecular complexity index is 1010. The number of hydrogen-bond acceptors (Lipinski definition) is 6. The average molecular weight is 427 g/mol. The van der Waals surface area contributed by atoms with Crippen molar-refractivity contribution >= 4 is 40.5 Å². The Morgan fingerprint density at radius 3 is 2.62 bits per heavy atom. The van der Waals surface area contributed by atoms with Crippen LogP contribution in [0.4, 0.5) is 5.69 Å². The van der Waals surface area contributed by atoms with E-state index >= 15 is 0 Å². The number of ketones is 1.